The molecule has 13 heavy (non-hydrogen) atoms. The lowest BCUT2D eigenvalue weighted by Gasteiger charge is -2.21. The molecule has 0 saturated carbocycles. The van der Waals surface area contributed by atoms with Gasteiger partial charge in [0.2, 0.25) is 0 Å². The molecular formula is C11H18N2. The summed E-state index contributed by atoms with van der Waals surface area (Å²) < 4.78 is 0. The minimum Gasteiger partial charge on any atom is -0.365 e. The van der Waals surface area contributed by atoms with Gasteiger partial charge in [-0.1, -0.05) is 0 Å². The number of anilines is 1. The van der Waals surface area contributed by atoms with E-state index >= 15 is 0 Å². The van der Waals surface area contributed by atoms with Crippen LogP contribution < -0.4 is 5.32 Å². The fraction of sp³-hybridized carbons (Fsp3) is 0.545. The molecule has 0 amide bonds. The van der Waals surface area contributed by atoms with E-state index in [-0.39, 0.29) is 5.54 Å². The Morgan fingerprint density at radius 2 is 1.77 bits per heavy atom. The maximum Gasteiger partial charge on any atom is 0.126 e. The summed E-state index contributed by atoms with van der Waals surface area (Å²) in [6.07, 6.45) is 1.91. The van der Waals surface area contributed by atoms with Crippen LogP contribution in [-0.4, -0.2) is 10.5 Å². The number of rotatable bonds is 1. The summed E-state index contributed by atoms with van der Waals surface area (Å²) in [6, 6.07) is 2.08. The van der Waals surface area contributed by atoms with Crippen molar-refractivity contribution in [2.24, 2.45) is 0 Å². The summed E-state index contributed by atoms with van der Waals surface area (Å²) in [4.78, 5) is 4.31. The lowest BCUT2D eigenvalue weighted by Crippen LogP contribution is -2.26. The molecular weight excluding hydrogens is 160 g/mol. The van der Waals surface area contributed by atoms with Crippen molar-refractivity contribution in [1.29, 1.82) is 0 Å². The van der Waals surface area contributed by atoms with Crippen LogP contribution in [0, 0.1) is 13.8 Å². The highest BCUT2D eigenvalue weighted by Crippen LogP contribution is 2.14. The first-order chi connectivity index (χ1) is 5.88. The molecule has 1 aromatic rings. The van der Waals surface area contributed by atoms with Crippen LogP contribution in [0.3, 0.4) is 0 Å². The first-order valence-electron chi connectivity index (χ1n) is 4.60. The van der Waals surface area contributed by atoms with E-state index in [2.05, 4.69) is 51.0 Å². The van der Waals surface area contributed by atoms with Crippen LogP contribution in [0.1, 0.15) is 31.9 Å². The number of aryl methyl sites for hydroxylation is 2. The average molecular weight is 178 g/mol. The van der Waals surface area contributed by atoms with Gasteiger partial charge in [-0.2, -0.15) is 0 Å². The zero-order valence-corrected chi connectivity index (χ0v) is 9.10. The molecule has 0 unspecified atom stereocenters. The third-order valence-electron chi connectivity index (χ3n) is 1.88. The minimum absolute atomic E-state index is 0.0781. The van der Waals surface area contributed by atoms with E-state index in [1.165, 1.54) is 11.1 Å². The third-order valence-corrected chi connectivity index (χ3v) is 1.88. The molecule has 0 aliphatic heterocycles. The maximum absolute atomic E-state index is 4.31. The number of hydrogen-bond acceptors (Lipinski definition) is 2. The fourth-order valence-corrected chi connectivity index (χ4v) is 1.08. The molecule has 2 heteroatoms. The Morgan fingerprint density at radius 3 is 2.23 bits per heavy atom. The van der Waals surface area contributed by atoms with Crippen LogP contribution in [-0.2, 0) is 0 Å². The Balaban J connectivity index is 2.86. The van der Waals surface area contributed by atoms with Gasteiger partial charge in [-0.25, -0.2) is 4.98 Å². The first kappa shape index (κ1) is 10.0. The average Bonchev–Trinajstić information content (AvgIpc) is 1.94. The number of pyridine rings is 1. The second-order valence-electron chi connectivity index (χ2n) is 4.53. The van der Waals surface area contributed by atoms with E-state index in [4.69, 9.17) is 0 Å². The highest BCUT2D eigenvalue weighted by molar-refractivity contribution is 5.41. The van der Waals surface area contributed by atoms with Gasteiger partial charge in [0, 0.05) is 11.7 Å². The summed E-state index contributed by atoms with van der Waals surface area (Å²) in [6.45, 7) is 10.6. The van der Waals surface area contributed by atoms with Gasteiger partial charge in [-0.3, -0.25) is 0 Å². The molecule has 0 aliphatic rings. The highest BCUT2D eigenvalue weighted by Gasteiger charge is 2.09. The van der Waals surface area contributed by atoms with E-state index in [1.54, 1.807) is 0 Å². The van der Waals surface area contributed by atoms with Crippen molar-refractivity contribution in [3.8, 4) is 0 Å². The summed E-state index contributed by atoms with van der Waals surface area (Å²) in [7, 11) is 0. The second kappa shape index (κ2) is 3.36. The van der Waals surface area contributed by atoms with Gasteiger partial charge in [0.15, 0.2) is 0 Å². The van der Waals surface area contributed by atoms with E-state index in [1.807, 2.05) is 6.20 Å². The molecule has 1 rings (SSSR count). The van der Waals surface area contributed by atoms with Gasteiger partial charge in [-0.05, 0) is 51.8 Å². The van der Waals surface area contributed by atoms with Crippen molar-refractivity contribution in [3.63, 3.8) is 0 Å². The molecule has 0 saturated heterocycles. The molecule has 0 aromatic carbocycles. The van der Waals surface area contributed by atoms with E-state index in [9.17, 15) is 0 Å². The largest absolute Gasteiger partial charge is 0.365 e. The number of nitrogens with one attached hydrogen (secondary N) is 1. The quantitative estimate of drug-likeness (QED) is 0.715. The van der Waals surface area contributed by atoms with Crippen molar-refractivity contribution in [2.75, 3.05) is 5.32 Å². The smallest absolute Gasteiger partial charge is 0.126 e. The van der Waals surface area contributed by atoms with Gasteiger partial charge >= 0.3 is 0 Å². The first-order valence-corrected chi connectivity index (χ1v) is 4.60. The normalized spacial score (nSPS) is 11.5. The predicted octanol–water partition coefficient (Wildman–Crippen LogP) is 2.91. The van der Waals surface area contributed by atoms with Crippen LogP contribution in [0.15, 0.2) is 12.3 Å². The molecule has 1 aromatic heterocycles. The van der Waals surface area contributed by atoms with E-state index < -0.39 is 0 Å². The summed E-state index contributed by atoms with van der Waals surface area (Å²) in [5.41, 5.74) is 2.59. The number of nitrogens with zero attached hydrogens (tertiary/aromatic N) is 1. The summed E-state index contributed by atoms with van der Waals surface area (Å²) in [5, 5.41) is 3.34. The van der Waals surface area contributed by atoms with Crippen molar-refractivity contribution in [2.45, 2.75) is 40.2 Å². The zero-order valence-electron chi connectivity index (χ0n) is 9.10. The number of hydrogen-bond donors (Lipinski definition) is 1. The second-order valence-corrected chi connectivity index (χ2v) is 4.53. The van der Waals surface area contributed by atoms with Crippen molar-refractivity contribution in [3.05, 3.63) is 23.4 Å². The Kier molecular flexibility index (Phi) is 2.60. The van der Waals surface area contributed by atoms with Crippen molar-refractivity contribution >= 4 is 5.82 Å². The SMILES string of the molecule is Cc1cnc(NC(C)(C)C)cc1C. The molecule has 0 bridgehead atoms. The van der Waals surface area contributed by atoms with Crippen LogP contribution in [0.2, 0.25) is 0 Å². The van der Waals surface area contributed by atoms with Crippen molar-refractivity contribution < 1.29 is 0 Å². The Bertz CT molecular complexity index is 297. The lowest BCUT2D eigenvalue weighted by atomic mass is 10.1. The third kappa shape index (κ3) is 3.05. The standard InChI is InChI=1S/C11H18N2/c1-8-6-10(12-7-9(8)2)13-11(3,4)5/h6-7H,1-5H3,(H,12,13). The lowest BCUT2D eigenvalue weighted by molar-refractivity contribution is 0.630. The van der Waals surface area contributed by atoms with E-state index in [0.29, 0.717) is 0 Å². The van der Waals surface area contributed by atoms with Crippen LogP contribution in [0.5, 0.6) is 0 Å². The molecule has 0 aliphatic carbocycles. The molecule has 0 radical (unpaired) electrons. The zero-order chi connectivity index (χ0) is 10.1. The Labute approximate surface area is 80.4 Å². The summed E-state index contributed by atoms with van der Waals surface area (Å²) in [5.74, 6) is 0.954. The van der Waals surface area contributed by atoms with Crippen LogP contribution >= 0.6 is 0 Å². The van der Waals surface area contributed by atoms with E-state index in [0.717, 1.165) is 5.82 Å². The van der Waals surface area contributed by atoms with Gasteiger partial charge < -0.3 is 5.32 Å². The minimum atomic E-state index is 0.0781. The molecule has 0 atom stereocenters. The fourth-order valence-electron chi connectivity index (χ4n) is 1.08. The van der Waals surface area contributed by atoms with Gasteiger partial charge in [0.25, 0.3) is 0 Å². The maximum atomic E-state index is 4.31. The highest BCUT2D eigenvalue weighted by atomic mass is 15.0. The molecule has 1 N–H and O–H groups in total. The van der Waals surface area contributed by atoms with Gasteiger partial charge in [-0.15, -0.1) is 0 Å². The number of aromatic nitrogens is 1. The van der Waals surface area contributed by atoms with Crippen LogP contribution in [0.25, 0.3) is 0 Å². The molecule has 0 spiro atoms. The monoisotopic (exact) mass is 178 g/mol. The van der Waals surface area contributed by atoms with Gasteiger partial charge in [0.1, 0.15) is 5.82 Å². The molecule has 1 heterocycles. The molecule has 2 nitrogen and oxygen atoms in total. The Morgan fingerprint density at radius 1 is 1.15 bits per heavy atom. The van der Waals surface area contributed by atoms with Crippen LogP contribution in [0.4, 0.5) is 5.82 Å². The molecule has 0 fully saturated rings. The Hall–Kier alpha value is -1.05. The van der Waals surface area contributed by atoms with Gasteiger partial charge in [0.05, 0.1) is 0 Å². The predicted molar refractivity (Wildman–Crippen MR) is 57.1 cm³/mol. The van der Waals surface area contributed by atoms with Crippen molar-refractivity contribution in [1.82, 2.24) is 4.98 Å². The molecule has 72 valence electrons. The summed E-state index contributed by atoms with van der Waals surface area (Å²) >= 11 is 0. The topological polar surface area (TPSA) is 24.9 Å².